The number of ether oxygens (including phenoxy) is 1. The van der Waals surface area contributed by atoms with E-state index in [1.165, 1.54) is 16.7 Å². The molecule has 2 nitrogen and oxygen atoms in total. The predicted octanol–water partition coefficient (Wildman–Crippen LogP) is 3.74. The lowest BCUT2D eigenvalue weighted by Crippen LogP contribution is -2.27. The average molecular weight is 288 g/mol. The van der Waals surface area contributed by atoms with Crippen LogP contribution in [0.2, 0.25) is 5.02 Å². The summed E-state index contributed by atoms with van der Waals surface area (Å²) < 4.78 is 5.88. The number of nitrogens with one attached hydrogen (secondary N) is 1. The summed E-state index contributed by atoms with van der Waals surface area (Å²) in [6, 6.07) is 16.5. The SMILES string of the molecule is Clc1ccc(CNCC2OCCc3ccccc32)cc1. The van der Waals surface area contributed by atoms with Crippen LogP contribution >= 0.6 is 11.6 Å². The summed E-state index contributed by atoms with van der Waals surface area (Å²) >= 11 is 5.88. The summed E-state index contributed by atoms with van der Waals surface area (Å²) in [6.45, 7) is 2.48. The first kappa shape index (κ1) is 13.6. The number of fused-ring (bicyclic) bond motifs is 1. The average Bonchev–Trinajstić information content (AvgIpc) is 2.49. The molecule has 2 aromatic carbocycles. The minimum absolute atomic E-state index is 0.159. The van der Waals surface area contributed by atoms with Gasteiger partial charge in [0.25, 0.3) is 0 Å². The van der Waals surface area contributed by atoms with Gasteiger partial charge < -0.3 is 10.1 Å². The summed E-state index contributed by atoms with van der Waals surface area (Å²) in [5.74, 6) is 0. The van der Waals surface area contributed by atoms with E-state index in [2.05, 4.69) is 29.6 Å². The van der Waals surface area contributed by atoms with Crippen molar-refractivity contribution in [1.82, 2.24) is 5.32 Å². The zero-order valence-corrected chi connectivity index (χ0v) is 12.1. The largest absolute Gasteiger partial charge is 0.372 e. The van der Waals surface area contributed by atoms with E-state index in [0.717, 1.165) is 31.1 Å². The van der Waals surface area contributed by atoms with Crippen molar-refractivity contribution >= 4 is 11.6 Å². The first-order valence-electron chi connectivity index (χ1n) is 6.97. The minimum Gasteiger partial charge on any atom is -0.372 e. The van der Waals surface area contributed by atoms with Crippen molar-refractivity contribution in [2.24, 2.45) is 0 Å². The fourth-order valence-corrected chi connectivity index (χ4v) is 2.72. The maximum atomic E-state index is 5.88. The Kier molecular flexibility index (Phi) is 4.36. The zero-order chi connectivity index (χ0) is 13.8. The Morgan fingerprint density at radius 3 is 2.75 bits per heavy atom. The first-order chi connectivity index (χ1) is 9.83. The van der Waals surface area contributed by atoms with Crippen molar-refractivity contribution in [3.63, 3.8) is 0 Å². The van der Waals surface area contributed by atoms with E-state index in [9.17, 15) is 0 Å². The van der Waals surface area contributed by atoms with Gasteiger partial charge in [0.05, 0.1) is 12.7 Å². The lowest BCUT2D eigenvalue weighted by atomic mass is 9.97. The Labute approximate surface area is 124 Å². The lowest BCUT2D eigenvalue weighted by Gasteiger charge is -2.26. The second-order valence-electron chi connectivity index (χ2n) is 5.07. The molecule has 20 heavy (non-hydrogen) atoms. The fraction of sp³-hybridized carbons (Fsp3) is 0.294. The van der Waals surface area contributed by atoms with Crippen molar-refractivity contribution < 1.29 is 4.74 Å². The standard InChI is InChI=1S/C17H18ClNO/c18-15-7-5-13(6-8-15)11-19-12-17-16-4-2-1-3-14(16)9-10-20-17/h1-8,17,19H,9-12H2. The van der Waals surface area contributed by atoms with Crippen molar-refractivity contribution in [2.45, 2.75) is 19.1 Å². The van der Waals surface area contributed by atoms with Gasteiger partial charge in [0, 0.05) is 18.1 Å². The van der Waals surface area contributed by atoms with Gasteiger partial charge in [-0.25, -0.2) is 0 Å². The van der Waals surface area contributed by atoms with Crippen LogP contribution in [0.5, 0.6) is 0 Å². The maximum absolute atomic E-state index is 5.88. The van der Waals surface area contributed by atoms with E-state index < -0.39 is 0 Å². The molecule has 104 valence electrons. The third-order valence-corrected chi connectivity index (χ3v) is 3.92. The molecule has 0 saturated carbocycles. The van der Waals surface area contributed by atoms with Gasteiger partial charge in [-0.15, -0.1) is 0 Å². The van der Waals surface area contributed by atoms with Crippen LogP contribution in [0.4, 0.5) is 0 Å². The molecule has 0 spiro atoms. The molecule has 3 rings (SSSR count). The smallest absolute Gasteiger partial charge is 0.0952 e. The number of hydrogen-bond donors (Lipinski definition) is 1. The van der Waals surface area contributed by atoms with Gasteiger partial charge in [-0.1, -0.05) is 48.0 Å². The summed E-state index contributed by atoms with van der Waals surface area (Å²) in [4.78, 5) is 0. The van der Waals surface area contributed by atoms with Crippen LogP contribution in [0.1, 0.15) is 22.8 Å². The number of hydrogen-bond acceptors (Lipinski definition) is 2. The van der Waals surface area contributed by atoms with E-state index in [4.69, 9.17) is 16.3 Å². The van der Waals surface area contributed by atoms with E-state index in [1.807, 2.05) is 24.3 Å². The lowest BCUT2D eigenvalue weighted by molar-refractivity contribution is 0.0423. The van der Waals surface area contributed by atoms with Crippen molar-refractivity contribution in [1.29, 1.82) is 0 Å². The van der Waals surface area contributed by atoms with Crippen molar-refractivity contribution in [3.05, 3.63) is 70.2 Å². The Hall–Kier alpha value is -1.35. The summed E-state index contributed by atoms with van der Waals surface area (Å²) in [5.41, 5.74) is 3.97. The normalized spacial score (nSPS) is 17.8. The quantitative estimate of drug-likeness (QED) is 0.925. The molecule has 1 heterocycles. The Balaban J connectivity index is 1.58. The van der Waals surface area contributed by atoms with Crippen LogP contribution in [0, 0.1) is 0 Å². The number of halogens is 1. The molecule has 0 radical (unpaired) electrons. The second-order valence-corrected chi connectivity index (χ2v) is 5.50. The second kappa shape index (κ2) is 6.40. The minimum atomic E-state index is 0.159. The number of benzene rings is 2. The molecular weight excluding hydrogens is 270 g/mol. The third kappa shape index (κ3) is 3.21. The van der Waals surface area contributed by atoms with Crippen LogP contribution in [0.3, 0.4) is 0 Å². The van der Waals surface area contributed by atoms with Crippen LogP contribution in [0.25, 0.3) is 0 Å². The third-order valence-electron chi connectivity index (χ3n) is 3.66. The Morgan fingerprint density at radius 1 is 1.10 bits per heavy atom. The highest BCUT2D eigenvalue weighted by atomic mass is 35.5. The van der Waals surface area contributed by atoms with E-state index >= 15 is 0 Å². The highest BCUT2D eigenvalue weighted by Crippen LogP contribution is 2.26. The predicted molar refractivity (Wildman–Crippen MR) is 82.0 cm³/mol. The zero-order valence-electron chi connectivity index (χ0n) is 11.3. The van der Waals surface area contributed by atoms with E-state index in [-0.39, 0.29) is 6.10 Å². The molecule has 0 aliphatic carbocycles. The summed E-state index contributed by atoms with van der Waals surface area (Å²) in [6.07, 6.45) is 1.18. The van der Waals surface area contributed by atoms with Gasteiger partial charge in [-0.3, -0.25) is 0 Å². The monoisotopic (exact) mass is 287 g/mol. The summed E-state index contributed by atoms with van der Waals surface area (Å²) in [7, 11) is 0. The molecule has 0 saturated heterocycles. The van der Waals surface area contributed by atoms with Gasteiger partial charge in [0.2, 0.25) is 0 Å². The summed E-state index contributed by atoms with van der Waals surface area (Å²) in [5, 5.41) is 4.24. The molecular formula is C17H18ClNO. The molecule has 1 atom stereocenters. The molecule has 1 N–H and O–H groups in total. The molecule has 0 bridgehead atoms. The van der Waals surface area contributed by atoms with Gasteiger partial charge in [0.1, 0.15) is 0 Å². The van der Waals surface area contributed by atoms with Gasteiger partial charge in [0.15, 0.2) is 0 Å². The van der Waals surface area contributed by atoms with E-state index in [0.29, 0.717) is 0 Å². The topological polar surface area (TPSA) is 21.3 Å². The molecule has 1 aliphatic rings. The first-order valence-corrected chi connectivity index (χ1v) is 7.35. The van der Waals surface area contributed by atoms with Crippen LogP contribution in [-0.2, 0) is 17.7 Å². The molecule has 2 aromatic rings. The van der Waals surface area contributed by atoms with Crippen LogP contribution < -0.4 is 5.32 Å². The highest BCUT2D eigenvalue weighted by Gasteiger charge is 2.19. The van der Waals surface area contributed by atoms with Crippen molar-refractivity contribution in [2.75, 3.05) is 13.2 Å². The van der Waals surface area contributed by atoms with Crippen LogP contribution in [0.15, 0.2) is 48.5 Å². The van der Waals surface area contributed by atoms with Crippen LogP contribution in [-0.4, -0.2) is 13.2 Å². The molecule has 0 aromatic heterocycles. The van der Waals surface area contributed by atoms with Crippen molar-refractivity contribution in [3.8, 4) is 0 Å². The Bertz CT molecular complexity index is 567. The van der Waals surface area contributed by atoms with Gasteiger partial charge >= 0.3 is 0 Å². The number of rotatable bonds is 4. The maximum Gasteiger partial charge on any atom is 0.0952 e. The fourth-order valence-electron chi connectivity index (χ4n) is 2.60. The Morgan fingerprint density at radius 2 is 1.90 bits per heavy atom. The molecule has 1 unspecified atom stereocenters. The molecule has 0 amide bonds. The highest BCUT2D eigenvalue weighted by molar-refractivity contribution is 6.30. The molecule has 0 fully saturated rings. The van der Waals surface area contributed by atoms with E-state index in [1.54, 1.807) is 0 Å². The van der Waals surface area contributed by atoms with Gasteiger partial charge in [-0.05, 0) is 35.2 Å². The molecule has 3 heteroatoms. The molecule has 1 aliphatic heterocycles. The van der Waals surface area contributed by atoms with Gasteiger partial charge in [-0.2, -0.15) is 0 Å².